The molecule has 0 spiro atoms. The first-order valence-corrected chi connectivity index (χ1v) is 10.2. The Bertz CT molecular complexity index is 1260. The first kappa shape index (κ1) is 19.6. The van der Waals surface area contributed by atoms with Crippen LogP contribution in [0.4, 0.5) is 0 Å². The van der Waals surface area contributed by atoms with Crippen molar-refractivity contribution in [2.45, 2.75) is 33.7 Å². The smallest absolute Gasteiger partial charge is 0.160 e. The van der Waals surface area contributed by atoms with E-state index in [9.17, 15) is 5.26 Å². The van der Waals surface area contributed by atoms with E-state index in [4.69, 9.17) is 9.97 Å². The SMILES string of the molecule is CCc1nc2c(C)cc(C)nc2n1Cc1ccc(/C(=C\C#N)c2ccccc2)cc1. The molecule has 0 fully saturated rings. The fourth-order valence-electron chi connectivity index (χ4n) is 3.87. The van der Waals surface area contributed by atoms with Crippen molar-refractivity contribution in [2.75, 3.05) is 0 Å². The van der Waals surface area contributed by atoms with E-state index in [0.29, 0.717) is 0 Å². The summed E-state index contributed by atoms with van der Waals surface area (Å²) < 4.78 is 2.22. The van der Waals surface area contributed by atoms with Crippen molar-refractivity contribution < 1.29 is 0 Å². The van der Waals surface area contributed by atoms with Crippen LogP contribution >= 0.6 is 0 Å². The zero-order chi connectivity index (χ0) is 21.1. The van der Waals surface area contributed by atoms with Crippen molar-refractivity contribution in [1.82, 2.24) is 14.5 Å². The van der Waals surface area contributed by atoms with Gasteiger partial charge in [0.05, 0.1) is 12.6 Å². The predicted molar refractivity (Wildman–Crippen MR) is 121 cm³/mol. The second-order valence-corrected chi connectivity index (χ2v) is 7.47. The summed E-state index contributed by atoms with van der Waals surface area (Å²) in [5.74, 6) is 1.05. The molecule has 0 aliphatic heterocycles. The molecule has 2 aromatic heterocycles. The lowest BCUT2D eigenvalue weighted by molar-refractivity contribution is 0.745. The van der Waals surface area contributed by atoms with Crippen molar-refractivity contribution in [3.63, 3.8) is 0 Å². The number of aromatic nitrogens is 3. The molecule has 30 heavy (non-hydrogen) atoms. The van der Waals surface area contributed by atoms with E-state index in [1.54, 1.807) is 6.08 Å². The van der Waals surface area contributed by atoms with Crippen LogP contribution in [0.5, 0.6) is 0 Å². The minimum absolute atomic E-state index is 0.721. The molecule has 0 radical (unpaired) electrons. The zero-order valence-corrected chi connectivity index (χ0v) is 17.6. The largest absolute Gasteiger partial charge is 0.308 e. The Kier molecular flexibility index (Phi) is 5.45. The molecule has 0 amide bonds. The number of fused-ring (bicyclic) bond motifs is 1. The molecule has 0 atom stereocenters. The van der Waals surface area contributed by atoms with Gasteiger partial charge in [-0.15, -0.1) is 0 Å². The molecule has 4 nitrogen and oxygen atoms in total. The van der Waals surface area contributed by atoms with Crippen LogP contribution < -0.4 is 0 Å². The Morgan fingerprint density at radius 1 is 1.00 bits per heavy atom. The number of pyridine rings is 1. The topological polar surface area (TPSA) is 54.5 Å². The number of hydrogen-bond donors (Lipinski definition) is 0. The maximum absolute atomic E-state index is 9.24. The maximum atomic E-state index is 9.24. The van der Waals surface area contributed by atoms with Crippen LogP contribution in [0.25, 0.3) is 16.7 Å². The van der Waals surface area contributed by atoms with Crippen LogP contribution in [0.15, 0.2) is 66.7 Å². The first-order chi connectivity index (χ1) is 14.6. The lowest BCUT2D eigenvalue weighted by Crippen LogP contribution is -2.05. The van der Waals surface area contributed by atoms with Crippen LogP contribution in [0.1, 0.15) is 40.7 Å². The molecule has 0 aliphatic rings. The van der Waals surface area contributed by atoms with E-state index in [1.807, 2.05) is 37.3 Å². The van der Waals surface area contributed by atoms with Gasteiger partial charge in [0, 0.05) is 18.2 Å². The third kappa shape index (κ3) is 3.75. The fraction of sp³-hybridized carbons (Fsp3) is 0.192. The summed E-state index contributed by atoms with van der Waals surface area (Å²) >= 11 is 0. The Labute approximate surface area is 177 Å². The van der Waals surface area contributed by atoms with Crippen LogP contribution in [0.2, 0.25) is 0 Å². The van der Waals surface area contributed by atoms with Crippen LogP contribution in [-0.4, -0.2) is 14.5 Å². The van der Waals surface area contributed by atoms with Gasteiger partial charge in [0.25, 0.3) is 0 Å². The van der Waals surface area contributed by atoms with E-state index in [1.165, 1.54) is 5.56 Å². The number of aryl methyl sites for hydroxylation is 3. The van der Waals surface area contributed by atoms with Gasteiger partial charge in [-0.05, 0) is 47.7 Å². The lowest BCUT2D eigenvalue weighted by atomic mass is 9.97. The van der Waals surface area contributed by atoms with E-state index in [0.717, 1.165) is 57.9 Å². The molecule has 2 heterocycles. The third-order valence-corrected chi connectivity index (χ3v) is 5.32. The molecule has 4 aromatic rings. The highest BCUT2D eigenvalue weighted by Gasteiger charge is 2.14. The van der Waals surface area contributed by atoms with Crippen molar-refractivity contribution in [2.24, 2.45) is 0 Å². The summed E-state index contributed by atoms with van der Waals surface area (Å²) in [5.41, 5.74) is 8.28. The number of nitriles is 1. The highest BCUT2D eigenvalue weighted by molar-refractivity contribution is 5.81. The van der Waals surface area contributed by atoms with E-state index in [2.05, 4.69) is 54.8 Å². The number of allylic oxidation sites excluding steroid dienone is 1. The monoisotopic (exact) mass is 392 g/mol. The van der Waals surface area contributed by atoms with Gasteiger partial charge in [0.2, 0.25) is 0 Å². The predicted octanol–water partition coefficient (Wildman–Crippen LogP) is 5.61. The van der Waals surface area contributed by atoms with Gasteiger partial charge in [-0.2, -0.15) is 5.26 Å². The van der Waals surface area contributed by atoms with E-state index >= 15 is 0 Å². The number of nitrogens with zero attached hydrogens (tertiary/aromatic N) is 4. The second-order valence-electron chi connectivity index (χ2n) is 7.47. The van der Waals surface area contributed by atoms with Gasteiger partial charge in [0.1, 0.15) is 11.3 Å². The summed E-state index contributed by atoms with van der Waals surface area (Å²) in [7, 11) is 0. The van der Waals surface area contributed by atoms with Gasteiger partial charge in [-0.25, -0.2) is 9.97 Å². The fourth-order valence-corrected chi connectivity index (χ4v) is 3.87. The lowest BCUT2D eigenvalue weighted by Gasteiger charge is -2.11. The highest BCUT2D eigenvalue weighted by Crippen LogP contribution is 2.25. The minimum atomic E-state index is 0.721. The number of imidazole rings is 1. The molecule has 0 saturated carbocycles. The molecule has 4 rings (SSSR count). The normalized spacial score (nSPS) is 11.6. The quantitative estimate of drug-likeness (QED) is 0.415. The van der Waals surface area contributed by atoms with Crippen LogP contribution in [0, 0.1) is 25.2 Å². The summed E-state index contributed by atoms with van der Waals surface area (Å²) in [5, 5.41) is 9.24. The van der Waals surface area contributed by atoms with Gasteiger partial charge in [0.15, 0.2) is 5.65 Å². The average molecular weight is 393 g/mol. The number of hydrogen-bond acceptors (Lipinski definition) is 3. The summed E-state index contributed by atoms with van der Waals surface area (Å²) in [6, 6.07) is 22.7. The second kappa shape index (κ2) is 8.34. The van der Waals surface area contributed by atoms with Gasteiger partial charge < -0.3 is 4.57 Å². The Balaban J connectivity index is 1.69. The Morgan fingerprint density at radius 2 is 1.70 bits per heavy atom. The summed E-state index contributed by atoms with van der Waals surface area (Å²) in [4.78, 5) is 9.60. The Hall–Kier alpha value is -3.71. The number of rotatable bonds is 5. The van der Waals surface area contributed by atoms with Gasteiger partial charge in [-0.1, -0.05) is 61.5 Å². The van der Waals surface area contributed by atoms with Crippen LogP contribution in [-0.2, 0) is 13.0 Å². The molecular weight excluding hydrogens is 368 g/mol. The first-order valence-electron chi connectivity index (χ1n) is 10.2. The molecule has 0 N–H and O–H groups in total. The number of benzene rings is 2. The molecule has 4 heteroatoms. The van der Waals surface area contributed by atoms with Crippen molar-refractivity contribution in [1.29, 1.82) is 5.26 Å². The average Bonchev–Trinajstić information content (AvgIpc) is 3.11. The molecule has 0 saturated heterocycles. The molecule has 2 aromatic carbocycles. The third-order valence-electron chi connectivity index (χ3n) is 5.32. The highest BCUT2D eigenvalue weighted by atomic mass is 15.1. The standard InChI is InChI=1S/C26H24N4/c1-4-24-29-25-18(2)16-19(3)28-26(25)30(24)17-20-10-12-22(13-11-20)23(14-15-27)21-8-6-5-7-9-21/h5-14,16H,4,17H2,1-3H3/b23-14-. The zero-order valence-electron chi connectivity index (χ0n) is 17.6. The molecule has 0 aliphatic carbocycles. The van der Waals surface area contributed by atoms with Crippen LogP contribution in [0.3, 0.4) is 0 Å². The maximum Gasteiger partial charge on any atom is 0.160 e. The Morgan fingerprint density at radius 3 is 2.37 bits per heavy atom. The van der Waals surface area contributed by atoms with Crippen molar-refractivity contribution in [3.05, 3.63) is 101 Å². The van der Waals surface area contributed by atoms with E-state index < -0.39 is 0 Å². The van der Waals surface area contributed by atoms with Crippen molar-refractivity contribution in [3.8, 4) is 6.07 Å². The summed E-state index contributed by atoms with van der Waals surface area (Å²) in [6.07, 6.45) is 2.47. The molecule has 148 valence electrons. The van der Waals surface area contributed by atoms with Gasteiger partial charge in [-0.3, -0.25) is 0 Å². The molecule has 0 unspecified atom stereocenters. The molecule has 0 bridgehead atoms. The van der Waals surface area contributed by atoms with Crippen molar-refractivity contribution >= 4 is 16.7 Å². The van der Waals surface area contributed by atoms with Gasteiger partial charge >= 0.3 is 0 Å². The van der Waals surface area contributed by atoms with E-state index in [-0.39, 0.29) is 0 Å². The minimum Gasteiger partial charge on any atom is -0.308 e. The molecular formula is C26H24N4. The summed E-state index contributed by atoms with van der Waals surface area (Å²) in [6.45, 7) is 6.96.